The van der Waals surface area contributed by atoms with E-state index in [1.54, 1.807) is 46.6 Å². The van der Waals surface area contributed by atoms with Crippen LogP contribution >= 0.6 is 22.9 Å². The van der Waals surface area contributed by atoms with Crippen molar-refractivity contribution in [2.45, 2.75) is 18.4 Å². The molecule has 0 bridgehead atoms. The molecule has 0 unspecified atom stereocenters. The van der Waals surface area contributed by atoms with Crippen LogP contribution in [0, 0.1) is 6.92 Å². The van der Waals surface area contributed by atoms with Gasteiger partial charge in [0.25, 0.3) is 5.91 Å². The molecule has 1 aliphatic rings. The molecule has 1 saturated heterocycles. The maximum absolute atomic E-state index is 13.1. The molecule has 10 heteroatoms. The van der Waals surface area contributed by atoms with Gasteiger partial charge < -0.3 is 9.64 Å². The fourth-order valence-corrected chi connectivity index (χ4v) is 5.60. The number of aryl methyl sites for hydroxylation is 1. The molecule has 0 aliphatic carbocycles. The summed E-state index contributed by atoms with van der Waals surface area (Å²) in [6.45, 7) is 3.24. The molecule has 2 heterocycles. The van der Waals surface area contributed by atoms with Crippen LogP contribution < -0.4 is 4.74 Å². The van der Waals surface area contributed by atoms with Crippen LogP contribution in [0.5, 0.6) is 5.75 Å². The Morgan fingerprint density at radius 1 is 1.09 bits per heavy atom. The molecule has 1 amide bonds. The zero-order chi connectivity index (χ0) is 22.7. The lowest BCUT2D eigenvalue weighted by Gasteiger charge is -2.34. The summed E-state index contributed by atoms with van der Waals surface area (Å²) in [4.78, 5) is 19.4. The number of hydrogen-bond donors (Lipinski definition) is 0. The number of aromatic nitrogens is 1. The van der Waals surface area contributed by atoms with Gasteiger partial charge in [0.2, 0.25) is 10.0 Å². The Morgan fingerprint density at radius 3 is 2.44 bits per heavy atom. The van der Waals surface area contributed by atoms with Crippen molar-refractivity contribution in [3.05, 3.63) is 75.2 Å². The van der Waals surface area contributed by atoms with Crippen LogP contribution in [0.1, 0.15) is 21.1 Å². The van der Waals surface area contributed by atoms with Gasteiger partial charge in [-0.3, -0.25) is 4.79 Å². The fourth-order valence-electron chi connectivity index (χ4n) is 3.45. The number of halogens is 1. The number of ether oxygens (including phenoxy) is 1. The maximum Gasteiger partial charge on any atom is 0.257 e. The van der Waals surface area contributed by atoms with Gasteiger partial charge in [-0.2, -0.15) is 4.31 Å². The van der Waals surface area contributed by atoms with Crippen LogP contribution in [0.3, 0.4) is 0 Å². The topological polar surface area (TPSA) is 79.8 Å². The molecular weight excluding hydrogens is 470 g/mol. The van der Waals surface area contributed by atoms with Crippen LogP contribution in [0.25, 0.3) is 0 Å². The van der Waals surface area contributed by atoms with E-state index < -0.39 is 10.0 Å². The molecule has 3 aromatic rings. The zero-order valence-corrected chi connectivity index (χ0v) is 19.8. The summed E-state index contributed by atoms with van der Waals surface area (Å²) in [7, 11) is -3.63. The number of nitrogens with zero attached hydrogens (tertiary/aromatic N) is 3. The predicted molar refractivity (Wildman–Crippen MR) is 124 cm³/mol. The van der Waals surface area contributed by atoms with Crippen LogP contribution in [0.2, 0.25) is 5.02 Å². The Hall–Kier alpha value is -2.46. The number of amides is 1. The first-order chi connectivity index (χ1) is 15.3. The molecule has 0 N–H and O–H groups in total. The first-order valence-corrected chi connectivity index (χ1v) is 12.7. The van der Waals surface area contributed by atoms with Crippen LogP contribution in [-0.4, -0.2) is 54.7 Å². The summed E-state index contributed by atoms with van der Waals surface area (Å²) in [6.07, 6.45) is 0. The van der Waals surface area contributed by atoms with Crippen molar-refractivity contribution in [2.75, 3.05) is 26.2 Å². The molecular formula is C22H22ClN3O4S2. The molecule has 1 aromatic heterocycles. The van der Waals surface area contributed by atoms with Crippen LogP contribution in [-0.2, 0) is 16.6 Å². The van der Waals surface area contributed by atoms with Crippen LogP contribution in [0.15, 0.2) is 58.8 Å². The zero-order valence-electron chi connectivity index (χ0n) is 17.4. The third kappa shape index (κ3) is 4.96. The van der Waals surface area contributed by atoms with E-state index in [0.717, 1.165) is 10.7 Å². The minimum atomic E-state index is -3.63. The molecule has 1 aliphatic heterocycles. The highest BCUT2D eigenvalue weighted by atomic mass is 35.5. The first-order valence-electron chi connectivity index (χ1n) is 10.0. The highest BCUT2D eigenvalue weighted by Crippen LogP contribution is 2.24. The van der Waals surface area contributed by atoms with Crippen molar-refractivity contribution in [1.29, 1.82) is 0 Å². The summed E-state index contributed by atoms with van der Waals surface area (Å²) in [5, 5.41) is 3.37. The lowest BCUT2D eigenvalue weighted by atomic mass is 10.1. The monoisotopic (exact) mass is 491 g/mol. The van der Waals surface area contributed by atoms with Gasteiger partial charge >= 0.3 is 0 Å². The lowest BCUT2D eigenvalue weighted by Crippen LogP contribution is -2.50. The van der Waals surface area contributed by atoms with Gasteiger partial charge in [0.15, 0.2) is 0 Å². The number of rotatable bonds is 6. The van der Waals surface area contributed by atoms with E-state index in [4.69, 9.17) is 16.3 Å². The summed E-state index contributed by atoms with van der Waals surface area (Å²) in [5.74, 6) is 0.304. The van der Waals surface area contributed by atoms with Gasteiger partial charge in [0, 0.05) is 36.6 Å². The van der Waals surface area contributed by atoms with E-state index in [9.17, 15) is 13.2 Å². The molecule has 168 valence electrons. The molecule has 0 spiro atoms. The number of carbonyl (C=O) groups excluding carboxylic acids is 1. The van der Waals surface area contributed by atoms with E-state index in [0.29, 0.717) is 29.4 Å². The Kier molecular flexibility index (Phi) is 6.80. The second-order valence-corrected chi connectivity index (χ2v) is 10.7. The van der Waals surface area contributed by atoms with Gasteiger partial charge in [0.05, 0.1) is 21.2 Å². The Labute approximate surface area is 196 Å². The van der Waals surface area contributed by atoms with Gasteiger partial charge in [-0.1, -0.05) is 23.7 Å². The molecule has 0 saturated carbocycles. The molecule has 0 radical (unpaired) electrons. The highest BCUT2D eigenvalue weighted by Gasteiger charge is 2.31. The fraction of sp³-hybridized carbons (Fsp3) is 0.273. The second-order valence-electron chi connectivity index (χ2n) is 7.29. The summed E-state index contributed by atoms with van der Waals surface area (Å²) in [6, 6.07) is 13.2. The number of thiazole rings is 1. The summed E-state index contributed by atoms with van der Waals surface area (Å²) >= 11 is 7.41. The van der Waals surface area contributed by atoms with Gasteiger partial charge in [-0.25, -0.2) is 13.4 Å². The molecule has 2 aromatic carbocycles. The third-order valence-corrected chi connectivity index (χ3v) is 8.12. The van der Waals surface area contributed by atoms with Crippen LogP contribution in [0.4, 0.5) is 0 Å². The van der Waals surface area contributed by atoms with Crippen molar-refractivity contribution in [3.8, 4) is 5.75 Å². The number of benzene rings is 2. The van der Waals surface area contributed by atoms with Gasteiger partial charge in [0.1, 0.15) is 12.4 Å². The normalized spacial score (nSPS) is 15.0. The Balaban J connectivity index is 1.42. The Morgan fingerprint density at radius 2 is 1.78 bits per heavy atom. The number of sulfonamides is 1. The molecule has 4 rings (SSSR count). The molecule has 32 heavy (non-hydrogen) atoms. The van der Waals surface area contributed by atoms with Crippen molar-refractivity contribution in [3.63, 3.8) is 0 Å². The quantitative estimate of drug-likeness (QED) is 0.523. The predicted octanol–water partition coefficient (Wildman–Crippen LogP) is 3.83. The minimum absolute atomic E-state index is 0.182. The molecule has 1 fully saturated rings. The van der Waals surface area contributed by atoms with Gasteiger partial charge in [-0.15, -0.1) is 11.3 Å². The minimum Gasteiger partial charge on any atom is -0.486 e. The summed E-state index contributed by atoms with van der Waals surface area (Å²) < 4.78 is 33.0. The smallest absolute Gasteiger partial charge is 0.257 e. The number of para-hydroxylation sites is 1. The van der Waals surface area contributed by atoms with Gasteiger partial charge in [-0.05, 0) is 43.3 Å². The lowest BCUT2D eigenvalue weighted by molar-refractivity contribution is 0.0693. The average molecular weight is 492 g/mol. The van der Waals surface area contributed by atoms with E-state index in [1.165, 1.54) is 16.4 Å². The number of hydrogen-bond acceptors (Lipinski definition) is 6. The number of carbonyl (C=O) groups is 1. The van der Waals surface area contributed by atoms with E-state index in [2.05, 4.69) is 4.98 Å². The van der Waals surface area contributed by atoms with Crippen molar-refractivity contribution in [1.82, 2.24) is 14.2 Å². The third-order valence-electron chi connectivity index (χ3n) is 5.14. The first kappa shape index (κ1) is 22.7. The van der Waals surface area contributed by atoms with E-state index in [-0.39, 0.29) is 30.5 Å². The van der Waals surface area contributed by atoms with Crippen molar-refractivity contribution < 1.29 is 17.9 Å². The SMILES string of the molecule is Cc1nc(COc2ccccc2C(=O)N2CCN(S(=O)(=O)c3ccc(Cl)cc3)CC2)cs1. The largest absolute Gasteiger partial charge is 0.486 e. The van der Waals surface area contributed by atoms with Crippen molar-refractivity contribution in [2.24, 2.45) is 0 Å². The number of piperazine rings is 1. The molecule has 7 nitrogen and oxygen atoms in total. The van der Waals surface area contributed by atoms with Crippen molar-refractivity contribution >= 4 is 38.9 Å². The maximum atomic E-state index is 13.1. The average Bonchev–Trinajstić information content (AvgIpc) is 3.23. The second kappa shape index (κ2) is 9.58. The molecule has 0 atom stereocenters. The summed E-state index contributed by atoms with van der Waals surface area (Å²) in [5.41, 5.74) is 1.27. The highest BCUT2D eigenvalue weighted by molar-refractivity contribution is 7.89. The van der Waals surface area contributed by atoms with E-state index >= 15 is 0 Å². The Bertz CT molecular complexity index is 1200. The van der Waals surface area contributed by atoms with E-state index in [1.807, 2.05) is 18.4 Å². The standard InChI is InChI=1S/C22H22ClN3O4S2/c1-16-24-18(15-31-16)14-30-21-5-3-2-4-20(21)22(27)25-10-12-26(13-11-25)32(28,29)19-8-6-17(23)7-9-19/h2-9,15H,10-14H2,1H3.